The third-order valence-corrected chi connectivity index (χ3v) is 3.07. The van der Waals surface area contributed by atoms with Gasteiger partial charge in [-0.15, -0.1) is 0 Å². The van der Waals surface area contributed by atoms with Crippen LogP contribution in [0.15, 0.2) is 29.2 Å². The molecule has 0 amide bonds. The molecule has 90 valence electrons. The molecule has 1 heterocycles. The molecule has 0 aliphatic rings. The van der Waals surface area contributed by atoms with Crippen molar-refractivity contribution >= 4 is 10.8 Å². The van der Waals surface area contributed by atoms with Gasteiger partial charge in [-0.2, -0.15) is 0 Å². The summed E-state index contributed by atoms with van der Waals surface area (Å²) in [4.78, 5) is 12.5. The number of rotatable bonds is 0. The summed E-state index contributed by atoms with van der Waals surface area (Å²) in [5.74, 6) is 0. The Kier molecular flexibility index (Phi) is 2.61. The van der Waals surface area contributed by atoms with Gasteiger partial charge in [-0.3, -0.25) is 4.79 Å². The molecule has 0 unspecified atom stereocenters. The maximum absolute atomic E-state index is 12.5. The van der Waals surface area contributed by atoms with Crippen LogP contribution in [0.25, 0.3) is 10.8 Å². The molecule has 1 aromatic heterocycles. The maximum Gasteiger partial charge on any atom is 0.259 e. The van der Waals surface area contributed by atoms with Crippen LogP contribution in [-0.4, -0.2) is 4.57 Å². The zero-order chi connectivity index (χ0) is 12.8. The van der Waals surface area contributed by atoms with Crippen LogP contribution in [0.5, 0.6) is 0 Å². The summed E-state index contributed by atoms with van der Waals surface area (Å²) in [5.41, 5.74) is 2.18. The van der Waals surface area contributed by atoms with Crippen molar-refractivity contribution in [1.29, 1.82) is 0 Å². The Morgan fingerprint density at radius 3 is 2.35 bits per heavy atom. The minimum absolute atomic E-state index is 0.104. The standard InChI is InChI=1S/C15H19NO/c1-10-8-11(2)13-12(9-10)6-7-16(14(13)17)15(3,4)5/h6-9H,1-5H3. The van der Waals surface area contributed by atoms with Crippen LogP contribution in [0.1, 0.15) is 31.9 Å². The van der Waals surface area contributed by atoms with Crippen molar-refractivity contribution in [1.82, 2.24) is 4.57 Å². The van der Waals surface area contributed by atoms with Crippen molar-refractivity contribution in [2.75, 3.05) is 0 Å². The fraction of sp³-hybridized carbons (Fsp3) is 0.400. The van der Waals surface area contributed by atoms with Gasteiger partial charge >= 0.3 is 0 Å². The highest BCUT2D eigenvalue weighted by atomic mass is 16.1. The molecule has 0 fully saturated rings. The second kappa shape index (κ2) is 3.73. The van der Waals surface area contributed by atoms with Gasteiger partial charge in [0.2, 0.25) is 0 Å². The predicted molar refractivity (Wildman–Crippen MR) is 72.7 cm³/mol. The van der Waals surface area contributed by atoms with E-state index in [0.717, 1.165) is 16.3 Å². The second-order valence-electron chi connectivity index (χ2n) is 5.71. The zero-order valence-corrected chi connectivity index (χ0v) is 11.2. The van der Waals surface area contributed by atoms with Gasteiger partial charge in [0.1, 0.15) is 0 Å². The van der Waals surface area contributed by atoms with Gasteiger partial charge in [-0.1, -0.05) is 17.7 Å². The monoisotopic (exact) mass is 229 g/mol. The quantitative estimate of drug-likeness (QED) is 0.679. The minimum atomic E-state index is -0.178. The Morgan fingerprint density at radius 1 is 1.12 bits per heavy atom. The smallest absolute Gasteiger partial charge is 0.259 e. The first-order chi connectivity index (χ1) is 7.80. The SMILES string of the molecule is Cc1cc(C)c2c(=O)n(C(C)(C)C)ccc2c1. The number of hydrogen-bond donors (Lipinski definition) is 0. The molecule has 1 aromatic carbocycles. The third-order valence-electron chi connectivity index (χ3n) is 3.07. The fourth-order valence-corrected chi connectivity index (χ4v) is 2.30. The molecule has 0 spiro atoms. The summed E-state index contributed by atoms with van der Waals surface area (Å²) in [5, 5.41) is 1.88. The topological polar surface area (TPSA) is 22.0 Å². The molecule has 0 N–H and O–H groups in total. The van der Waals surface area contributed by atoms with Gasteiger partial charge in [0, 0.05) is 11.7 Å². The first-order valence-electron chi connectivity index (χ1n) is 5.94. The van der Waals surface area contributed by atoms with E-state index < -0.39 is 0 Å². The summed E-state index contributed by atoms with van der Waals surface area (Å²) < 4.78 is 1.80. The number of hydrogen-bond acceptors (Lipinski definition) is 1. The van der Waals surface area contributed by atoms with E-state index in [-0.39, 0.29) is 11.1 Å². The second-order valence-corrected chi connectivity index (χ2v) is 5.71. The van der Waals surface area contributed by atoms with Crippen molar-refractivity contribution in [2.24, 2.45) is 0 Å². The lowest BCUT2D eigenvalue weighted by Gasteiger charge is -2.23. The van der Waals surface area contributed by atoms with Gasteiger partial charge in [-0.05, 0) is 51.6 Å². The average molecular weight is 229 g/mol. The largest absolute Gasteiger partial charge is 0.310 e. The first kappa shape index (κ1) is 11.9. The van der Waals surface area contributed by atoms with Crippen LogP contribution in [0.4, 0.5) is 0 Å². The molecule has 17 heavy (non-hydrogen) atoms. The zero-order valence-electron chi connectivity index (χ0n) is 11.2. The lowest BCUT2D eigenvalue weighted by atomic mass is 10.0. The Balaban J connectivity index is 2.90. The van der Waals surface area contributed by atoms with Gasteiger partial charge in [0.05, 0.1) is 5.39 Å². The van der Waals surface area contributed by atoms with Gasteiger partial charge in [0.25, 0.3) is 5.56 Å². The Hall–Kier alpha value is -1.57. The summed E-state index contributed by atoms with van der Waals surface area (Å²) >= 11 is 0. The third kappa shape index (κ3) is 1.99. The van der Waals surface area contributed by atoms with Crippen molar-refractivity contribution < 1.29 is 0 Å². The van der Waals surface area contributed by atoms with Gasteiger partial charge in [-0.25, -0.2) is 0 Å². The molecule has 2 nitrogen and oxygen atoms in total. The molecular weight excluding hydrogens is 210 g/mol. The average Bonchev–Trinajstić information content (AvgIpc) is 2.14. The van der Waals surface area contributed by atoms with E-state index in [1.807, 2.05) is 40.0 Å². The van der Waals surface area contributed by atoms with Crippen molar-refractivity contribution in [3.05, 3.63) is 45.9 Å². The summed E-state index contributed by atoms with van der Waals surface area (Å²) in [7, 11) is 0. The number of aromatic nitrogens is 1. The summed E-state index contributed by atoms with van der Waals surface area (Å²) in [6.07, 6.45) is 1.89. The number of aryl methyl sites for hydroxylation is 2. The van der Waals surface area contributed by atoms with Crippen LogP contribution < -0.4 is 5.56 Å². The minimum Gasteiger partial charge on any atom is -0.310 e. The highest BCUT2D eigenvalue weighted by molar-refractivity contribution is 5.85. The predicted octanol–water partition coefficient (Wildman–Crippen LogP) is 3.37. The molecule has 0 bridgehead atoms. The van der Waals surface area contributed by atoms with Crippen molar-refractivity contribution in [3.63, 3.8) is 0 Å². The van der Waals surface area contributed by atoms with E-state index >= 15 is 0 Å². The van der Waals surface area contributed by atoms with E-state index in [1.54, 1.807) is 4.57 Å². The van der Waals surface area contributed by atoms with Crippen LogP contribution >= 0.6 is 0 Å². The van der Waals surface area contributed by atoms with Gasteiger partial charge < -0.3 is 4.57 Å². The molecule has 0 saturated carbocycles. The Labute approximate surface area is 102 Å². The van der Waals surface area contributed by atoms with Crippen LogP contribution in [0.3, 0.4) is 0 Å². The van der Waals surface area contributed by atoms with Crippen molar-refractivity contribution in [3.8, 4) is 0 Å². The number of pyridine rings is 1. The van der Waals surface area contributed by atoms with E-state index in [0.29, 0.717) is 0 Å². The van der Waals surface area contributed by atoms with Gasteiger partial charge in [0.15, 0.2) is 0 Å². The molecule has 2 aromatic rings. The summed E-state index contributed by atoms with van der Waals surface area (Å²) in [6.45, 7) is 10.2. The highest BCUT2D eigenvalue weighted by Gasteiger charge is 2.16. The lowest BCUT2D eigenvalue weighted by molar-refractivity contribution is 0.386. The molecule has 2 heteroatoms. The van der Waals surface area contributed by atoms with Crippen molar-refractivity contribution in [2.45, 2.75) is 40.2 Å². The highest BCUT2D eigenvalue weighted by Crippen LogP contribution is 2.19. The van der Waals surface area contributed by atoms with Crippen LogP contribution in [0, 0.1) is 13.8 Å². The number of fused-ring (bicyclic) bond motifs is 1. The molecule has 0 saturated heterocycles. The van der Waals surface area contributed by atoms with Crippen LogP contribution in [0.2, 0.25) is 0 Å². The molecule has 0 aliphatic carbocycles. The molecule has 0 aliphatic heterocycles. The van der Waals surface area contributed by atoms with E-state index in [1.165, 1.54) is 5.56 Å². The summed E-state index contributed by atoms with van der Waals surface area (Å²) in [6, 6.07) is 6.16. The van der Waals surface area contributed by atoms with E-state index in [2.05, 4.69) is 19.1 Å². The molecule has 2 rings (SSSR count). The number of nitrogens with zero attached hydrogens (tertiary/aromatic N) is 1. The maximum atomic E-state index is 12.5. The van der Waals surface area contributed by atoms with Crippen LogP contribution in [-0.2, 0) is 5.54 Å². The lowest BCUT2D eigenvalue weighted by Crippen LogP contribution is -2.33. The Morgan fingerprint density at radius 2 is 1.76 bits per heavy atom. The fourth-order valence-electron chi connectivity index (χ4n) is 2.30. The normalized spacial score (nSPS) is 12.1. The van der Waals surface area contributed by atoms with E-state index in [4.69, 9.17) is 0 Å². The Bertz CT molecular complexity index is 630. The van der Waals surface area contributed by atoms with E-state index in [9.17, 15) is 4.79 Å². The molecular formula is C15H19NO. The first-order valence-corrected chi connectivity index (χ1v) is 5.94. The number of benzene rings is 1. The molecule has 0 atom stereocenters. The molecule has 0 radical (unpaired) electrons.